The molecule has 1 atom stereocenters. The Morgan fingerprint density at radius 2 is 1.73 bits per heavy atom. The van der Waals surface area contributed by atoms with Crippen molar-refractivity contribution in [3.05, 3.63) is 11.3 Å². The van der Waals surface area contributed by atoms with E-state index >= 15 is 0 Å². The fraction of sp³-hybridized carbons (Fsp3) is 0.750. The van der Waals surface area contributed by atoms with Crippen LogP contribution >= 0.6 is 15.9 Å². The van der Waals surface area contributed by atoms with Crippen molar-refractivity contribution >= 4 is 27.9 Å². The summed E-state index contributed by atoms with van der Waals surface area (Å²) in [5.74, 6) is -0.371. The number of ether oxygens (including phenoxy) is 1. The Labute approximate surface area is 141 Å². The number of methoxy groups -OCH3 is 1. The fourth-order valence-corrected chi connectivity index (χ4v) is 3.11. The van der Waals surface area contributed by atoms with Crippen LogP contribution in [0.1, 0.15) is 58.3 Å². The third-order valence-corrected chi connectivity index (χ3v) is 4.45. The summed E-state index contributed by atoms with van der Waals surface area (Å²) in [5.41, 5.74) is 1.13. The van der Waals surface area contributed by atoms with Crippen LogP contribution in [0.3, 0.4) is 0 Å². The zero-order valence-corrected chi connectivity index (χ0v) is 15.1. The molecule has 1 rings (SSSR count). The molecule has 1 aliphatic rings. The number of rotatable bonds is 10. The second-order valence-corrected chi connectivity index (χ2v) is 6.43. The van der Waals surface area contributed by atoms with Gasteiger partial charge in [0.15, 0.2) is 0 Å². The minimum atomic E-state index is -0.371. The number of unbranched alkanes of at least 4 members (excludes halogenated alkanes) is 6. The predicted molar refractivity (Wildman–Crippen MR) is 90.9 cm³/mol. The number of allylic oxidation sites excluding steroid dienone is 1. The number of carbonyl (C=O) groups is 2. The first kappa shape index (κ1) is 19.0. The molecule has 0 aromatic heterocycles. The monoisotopic (exact) mass is 374 g/mol. The van der Waals surface area contributed by atoms with Crippen molar-refractivity contribution in [1.82, 2.24) is 10.6 Å². The van der Waals surface area contributed by atoms with Gasteiger partial charge in [0, 0.05) is 11.0 Å². The molecule has 0 radical (unpaired) electrons. The molecule has 0 spiro atoms. The lowest BCUT2D eigenvalue weighted by Gasteiger charge is -2.27. The Bertz CT molecular complexity index is 410. The highest BCUT2D eigenvalue weighted by Crippen LogP contribution is 2.19. The van der Waals surface area contributed by atoms with Gasteiger partial charge in [-0.1, -0.05) is 54.5 Å². The van der Waals surface area contributed by atoms with Crippen LogP contribution in [-0.4, -0.2) is 30.5 Å². The van der Waals surface area contributed by atoms with Crippen molar-refractivity contribution in [2.75, 3.05) is 12.4 Å². The standard InChI is InChI=1S/C16H27BrN2O3/c1-12-14(15(20)22-2)13(19-16(21)18-12)10-8-6-4-3-5-7-9-11-17/h13H,3-11H2,1-2H3,(H2,18,19,21). The Kier molecular flexibility index (Phi) is 9.20. The molecule has 22 heavy (non-hydrogen) atoms. The van der Waals surface area contributed by atoms with Crippen molar-refractivity contribution < 1.29 is 14.3 Å². The van der Waals surface area contributed by atoms with Gasteiger partial charge in [-0.3, -0.25) is 0 Å². The topological polar surface area (TPSA) is 67.4 Å². The molecule has 1 heterocycles. The summed E-state index contributed by atoms with van der Waals surface area (Å²) in [7, 11) is 1.36. The largest absolute Gasteiger partial charge is 0.466 e. The van der Waals surface area contributed by atoms with Crippen LogP contribution in [0.2, 0.25) is 0 Å². The molecule has 2 N–H and O–H groups in total. The third-order valence-electron chi connectivity index (χ3n) is 3.89. The SMILES string of the molecule is COC(=O)C1=C(C)NC(=O)NC1CCCCCCCCCBr. The van der Waals surface area contributed by atoms with E-state index in [4.69, 9.17) is 4.74 Å². The Morgan fingerprint density at radius 1 is 1.14 bits per heavy atom. The van der Waals surface area contributed by atoms with Crippen LogP contribution in [0.25, 0.3) is 0 Å². The number of halogens is 1. The van der Waals surface area contributed by atoms with Crippen LogP contribution < -0.4 is 10.6 Å². The highest BCUT2D eigenvalue weighted by atomic mass is 79.9. The number of alkyl halides is 1. The van der Waals surface area contributed by atoms with Crippen molar-refractivity contribution in [2.45, 2.75) is 64.3 Å². The molecule has 0 aliphatic carbocycles. The maximum absolute atomic E-state index is 11.9. The number of nitrogens with one attached hydrogen (secondary N) is 2. The minimum absolute atomic E-state index is 0.241. The summed E-state index contributed by atoms with van der Waals surface area (Å²) < 4.78 is 4.82. The first-order valence-electron chi connectivity index (χ1n) is 8.02. The average molecular weight is 375 g/mol. The van der Waals surface area contributed by atoms with Crippen LogP contribution in [0, 0.1) is 0 Å². The molecule has 0 fully saturated rings. The second kappa shape index (κ2) is 10.6. The van der Waals surface area contributed by atoms with E-state index in [0.717, 1.165) is 24.6 Å². The van der Waals surface area contributed by atoms with Gasteiger partial charge in [-0.25, -0.2) is 9.59 Å². The van der Waals surface area contributed by atoms with Crippen molar-refractivity contribution in [3.8, 4) is 0 Å². The van der Waals surface area contributed by atoms with Gasteiger partial charge in [0.05, 0.1) is 18.7 Å². The maximum atomic E-state index is 11.9. The molecule has 126 valence electrons. The van der Waals surface area contributed by atoms with E-state index in [0.29, 0.717) is 11.3 Å². The summed E-state index contributed by atoms with van der Waals surface area (Å²) in [4.78, 5) is 23.4. The molecule has 0 saturated heterocycles. The molecule has 0 saturated carbocycles. The second-order valence-electron chi connectivity index (χ2n) is 5.63. The van der Waals surface area contributed by atoms with Gasteiger partial charge in [0.2, 0.25) is 0 Å². The van der Waals surface area contributed by atoms with Gasteiger partial charge in [0.1, 0.15) is 0 Å². The Hall–Kier alpha value is -1.04. The third kappa shape index (κ3) is 6.38. The van der Waals surface area contributed by atoms with E-state index in [9.17, 15) is 9.59 Å². The average Bonchev–Trinajstić information content (AvgIpc) is 2.48. The smallest absolute Gasteiger partial charge is 0.337 e. The van der Waals surface area contributed by atoms with Crippen LogP contribution in [0.15, 0.2) is 11.3 Å². The number of hydrogen-bond donors (Lipinski definition) is 2. The van der Waals surface area contributed by atoms with Gasteiger partial charge in [0.25, 0.3) is 0 Å². The van der Waals surface area contributed by atoms with E-state index in [1.54, 1.807) is 6.92 Å². The number of urea groups is 1. The van der Waals surface area contributed by atoms with Crippen LogP contribution in [0.4, 0.5) is 4.79 Å². The molecular weight excluding hydrogens is 348 g/mol. The van der Waals surface area contributed by atoms with E-state index in [-0.39, 0.29) is 18.0 Å². The predicted octanol–water partition coefficient (Wildman–Crippen LogP) is 3.63. The fourth-order valence-electron chi connectivity index (χ4n) is 2.71. The zero-order valence-electron chi connectivity index (χ0n) is 13.5. The highest BCUT2D eigenvalue weighted by Gasteiger charge is 2.29. The normalized spacial score (nSPS) is 18.0. The first-order chi connectivity index (χ1) is 10.6. The van der Waals surface area contributed by atoms with Crippen molar-refractivity contribution in [2.24, 2.45) is 0 Å². The van der Waals surface area contributed by atoms with Gasteiger partial charge in [-0.2, -0.15) is 0 Å². The van der Waals surface area contributed by atoms with E-state index < -0.39 is 0 Å². The highest BCUT2D eigenvalue weighted by molar-refractivity contribution is 9.09. The van der Waals surface area contributed by atoms with Gasteiger partial charge in [-0.15, -0.1) is 0 Å². The minimum Gasteiger partial charge on any atom is -0.466 e. The number of esters is 1. The Balaban J connectivity index is 2.34. The number of carbonyl (C=O) groups excluding carboxylic acids is 2. The molecule has 5 nitrogen and oxygen atoms in total. The molecule has 1 aliphatic heterocycles. The molecular formula is C16H27BrN2O3. The van der Waals surface area contributed by atoms with Crippen LogP contribution in [0.5, 0.6) is 0 Å². The maximum Gasteiger partial charge on any atom is 0.337 e. The Morgan fingerprint density at radius 3 is 2.32 bits per heavy atom. The molecule has 1 unspecified atom stereocenters. The summed E-state index contributed by atoms with van der Waals surface area (Å²) in [5, 5.41) is 6.53. The van der Waals surface area contributed by atoms with Gasteiger partial charge >= 0.3 is 12.0 Å². The zero-order chi connectivity index (χ0) is 16.4. The summed E-state index contributed by atoms with van der Waals surface area (Å²) >= 11 is 3.44. The molecule has 6 heteroatoms. The molecule has 2 amide bonds. The molecule has 0 aromatic rings. The molecule has 0 bridgehead atoms. The lowest BCUT2D eigenvalue weighted by molar-refractivity contribution is -0.136. The van der Waals surface area contributed by atoms with E-state index in [1.807, 2.05) is 0 Å². The quantitative estimate of drug-likeness (QED) is 0.348. The van der Waals surface area contributed by atoms with Crippen molar-refractivity contribution in [1.29, 1.82) is 0 Å². The van der Waals surface area contributed by atoms with E-state index in [2.05, 4.69) is 26.6 Å². The van der Waals surface area contributed by atoms with Gasteiger partial charge in [-0.05, 0) is 19.8 Å². The summed E-state index contributed by atoms with van der Waals surface area (Å²) in [6.07, 6.45) is 9.16. The number of amides is 2. The van der Waals surface area contributed by atoms with Crippen LogP contribution in [-0.2, 0) is 9.53 Å². The van der Waals surface area contributed by atoms with Crippen molar-refractivity contribution in [3.63, 3.8) is 0 Å². The summed E-state index contributed by atoms with van der Waals surface area (Å²) in [6.45, 7) is 1.74. The number of hydrogen-bond acceptors (Lipinski definition) is 3. The van der Waals surface area contributed by atoms with E-state index in [1.165, 1.54) is 39.2 Å². The summed E-state index contributed by atoms with van der Waals surface area (Å²) in [6, 6.07) is -0.487. The van der Waals surface area contributed by atoms with Gasteiger partial charge < -0.3 is 15.4 Å². The lowest BCUT2D eigenvalue weighted by Crippen LogP contribution is -2.49. The molecule has 0 aromatic carbocycles. The lowest BCUT2D eigenvalue weighted by atomic mass is 9.96. The first-order valence-corrected chi connectivity index (χ1v) is 9.14.